The van der Waals surface area contributed by atoms with Gasteiger partial charge in [0.05, 0.1) is 26.4 Å². The van der Waals surface area contributed by atoms with E-state index >= 15 is 0 Å². The van der Waals surface area contributed by atoms with Gasteiger partial charge in [0.2, 0.25) is 0 Å². The van der Waals surface area contributed by atoms with Gasteiger partial charge in [0.1, 0.15) is 0 Å². The molecule has 0 radical (unpaired) electrons. The van der Waals surface area contributed by atoms with E-state index in [9.17, 15) is 0 Å². The van der Waals surface area contributed by atoms with Gasteiger partial charge in [-0.25, -0.2) is 0 Å². The number of rotatable bonds is 5. The minimum absolute atomic E-state index is 0.764. The molecule has 3 nitrogen and oxygen atoms in total. The van der Waals surface area contributed by atoms with Gasteiger partial charge in [0.15, 0.2) is 9.04 Å². The molecule has 0 spiro atoms. The van der Waals surface area contributed by atoms with Gasteiger partial charge >= 0.3 is 0 Å². The summed E-state index contributed by atoms with van der Waals surface area (Å²) in [6.45, 7) is 6.07. The van der Waals surface area contributed by atoms with Crippen molar-refractivity contribution >= 4 is 9.04 Å². The Morgan fingerprint density at radius 1 is 1.21 bits per heavy atom. The van der Waals surface area contributed by atoms with Crippen LogP contribution in [-0.4, -0.2) is 42.6 Å². The molecule has 0 aromatic rings. The summed E-state index contributed by atoms with van der Waals surface area (Å²) in [4.78, 5) is 0. The fourth-order valence-corrected chi connectivity index (χ4v) is 5.39. The van der Waals surface area contributed by atoms with E-state index in [4.69, 9.17) is 13.9 Å². The lowest BCUT2D eigenvalue weighted by Crippen LogP contribution is -2.48. The zero-order valence-corrected chi connectivity index (χ0v) is 10.2. The first-order valence-corrected chi connectivity index (χ1v) is 7.50. The Morgan fingerprint density at radius 3 is 1.93 bits per heavy atom. The summed E-state index contributed by atoms with van der Waals surface area (Å²) < 4.78 is 16.3. The zero-order chi connectivity index (χ0) is 9.97. The van der Waals surface area contributed by atoms with Crippen molar-refractivity contribution in [2.75, 3.05) is 33.5 Å². The van der Waals surface area contributed by atoms with Crippen LogP contribution in [0.1, 0.15) is 6.92 Å². The molecule has 14 heavy (non-hydrogen) atoms. The lowest BCUT2D eigenvalue weighted by Gasteiger charge is -2.44. The fourth-order valence-electron chi connectivity index (χ4n) is 2.54. The van der Waals surface area contributed by atoms with Crippen LogP contribution in [0.15, 0.2) is 0 Å². The van der Waals surface area contributed by atoms with Crippen molar-refractivity contribution in [3.8, 4) is 0 Å². The molecule has 2 saturated heterocycles. The van der Waals surface area contributed by atoms with Gasteiger partial charge in [-0.3, -0.25) is 0 Å². The molecule has 4 heteroatoms. The number of hydrogen-bond donors (Lipinski definition) is 0. The van der Waals surface area contributed by atoms with Crippen LogP contribution in [0, 0.1) is 11.8 Å². The van der Waals surface area contributed by atoms with E-state index in [0.29, 0.717) is 0 Å². The van der Waals surface area contributed by atoms with Crippen molar-refractivity contribution in [2.24, 2.45) is 11.8 Å². The molecule has 2 rings (SSSR count). The summed E-state index contributed by atoms with van der Waals surface area (Å²) in [5.74, 6) is 1.53. The quantitative estimate of drug-likeness (QED) is 0.643. The van der Waals surface area contributed by atoms with Crippen LogP contribution < -0.4 is 0 Å². The molecule has 0 aromatic carbocycles. The van der Waals surface area contributed by atoms with E-state index in [1.54, 1.807) is 0 Å². The molecule has 1 unspecified atom stereocenters. The van der Waals surface area contributed by atoms with E-state index in [-0.39, 0.29) is 0 Å². The average molecular weight is 216 g/mol. The van der Waals surface area contributed by atoms with Crippen LogP contribution in [0.2, 0.25) is 11.6 Å². The Morgan fingerprint density at radius 2 is 1.71 bits per heavy atom. The molecule has 2 heterocycles. The molecule has 0 bridgehead atoms. The first kappa shape index (κ1) is 10.6. The molecule has 1 atom stereocenters. The van der Waals surface area contributed by atoms with E-state index in [2.05, 4.69) is 6.92 Å². The Hall–Kier alpha value is 0.0969. The first-order valence-electron chi connectivity index (χ1n) is 5.55. The minimum Gasteiger partial charge on any atom is -0.423 e. The summed E-state index contributed by atoms with van der Waals surface area (Å²) in [7, 11) is 0.866. The summed E-state index contributed by atoms with van der Waals surface area (Å²) in [6, 6.07) is 1.23. The highest BCUT2D eigenvalue weighted by molar-refractivity contribution is 6.53. The third-order valence-electron chi connectivity index (χ3n) is 3.55. The average Bonchev–Trinajstić information content (AvgIpc) is 2.00. The molecule has 2 aliphatic rings. The van der Waals surface area contributed by atoms with Crippen molar-refractivity contribution in [3.05, 3.63) is 0 Å². The van der Waals surface area contributed by atoms with Crippen LogP contribution in [-0.2, 0) is 13.9 Å². The Kier molecular flexibility index (Phi) is 3.60. The van der Waals surface area contributed by atoms with Crippen molar-refractivity contribution in [1.82, 2.24) is 0 Å². The van der Waals surface area contributed by atoms with Crippen LogP contribution in [0.25, 0.3) is 0 Å². The maximum atomic E-state index is 5.70. The SMILES string of the molecule is CC[SiH](OC)C(C1COC1)C1COC1. The standard InChI is InChI=1S/C10H20O3Si/c1-3-14(11-2)10(8-4-12-5-8)9-6-13-7-9/h8-10,14H,3-7H2,1-2H3. The second-order valence-corrected chi connectivity index (χ2v) is 7.49. The maximum absolute atomic E-state index is 5.70. The normalized spacial score (nSPS) is 25.9. The highest BCUT2D eigenvalue weighted by Gasteiger charge is 2.42. The van der Waals surface area contributed by atoms with Crippen molar-refractivity contribution in [1.29, 1.82) is 0 Å². The molecular weight excluding hydrogens is 196 g/mol. The van der Waals surface area contributed by atoms with Crippen molar-refractivity contribution in [2.45, 2.75) is 18.5 Å². The predicted octanol–water partition coefficient (Wildman–Crippen LogP) is 1.04. The summed E-state index contributed by atoms with van der Waals surface area (Å²) in [6.07, 6.45) is 0. The highest BCUT2D eigenvalue weighted by Crippen LogP contribution is 2.39. The molecule has 0 amide bonds. The van der Waals surface area contributed by atoms with Gasteiger partial charge in [0, 0.05) is 18.9 Å². The molecule has 0 aliphatic carbocycles. The predicted molar refractivity (Wildman–Crippen MR) is 57.0 cm³/mol. The molecule has 0 N–H and O–H groups in total. The van der Waals surface area contributed by atoms with E-state index < -0.39 is 9.04 Å². The summed E-state index contributed by atoms with van der Waals surface area (Å²) in [5.41, 5.74) is 0.785. The van der Waals surface area contributed by atoms with Gasteiger partial charge in [-0.2, -0.15) is 0 Å². The second kappa shape index (κ2) is 4.75. The van der Waals surface area contributed by atoms with E-state index in [1.165, 1.54) is 6.04 Å². The van der Waals surface area contributed by atoms with Crippen LogP contribution in [0.5, 0.6) is 0 Å². The Bertz CT molecular complexity index is 162. The second-order valence-electron chi connectivity index (χ2n) is 4.35. The lowest BCUT2D eigenvalue weighted by molar-refractivity contribution is -0.0920. The van der Waals surface area contributed by atoms with Crippen molar-refractivity contribution < 1.29 is 13.9 Å². The van der Waals surface area contributed by atoms with Crippen LogP contribution >= 0.6 is 0 Å². The largest absolute Gasteiger partial charge is 0.423 e. The minimum atomic E-state index is -1.02. The smallest absolute Gasteiger partial charge is 0.180 e. The molecule has 0 saturated carbocycles. The third kappa shape index (κ3) is 1.89. The summed E-state index contributed by atoms with van der Waals surface area (Å²) in [5, 5.41) is 0. The van der Waals surface area contributed by atoms with Crippen LogP contribution in [0.4, 0.5) is 0 Å². The molecule has 2 aliphatic heterocycles. The van der Waals surface area contributed by atoms with E-state index in [1.807, 2.05) is 7.11 Å². The number of hydrogen-bond acceptors (Lipinski definition) is 3. The Labute approximate surface area is 87.5 Å². The van der Waals surface area contributed by atoms with Gasteiger partial charge < -0.3 is 13.9 Å². The van der Waals surface area contributed by atoms with Gasteiger partial charge in [-0.1, -0.05) is 6.92 Å². The highest BCUT2D eigenvalue weighted by atomic mass is 28.3. The maximum Gasteiger partial charge on any atom is 0.180 e. The molecular formula is C10H20O3Si. The van der Waals surface area contributed by atoms with Crippen molar-refractivity contribution in [3.63, 3.8) is 0 Å². The van der Waals surface area contributed by atoms with Gasteiger partial charge in [-0.05, 0) is 11.6 Å². The fraction of sp³-hybridized carbons (Fsp3) is 1.00. The lowest BCUT2D eigenvalue weighted by atomic mass is 9.91. The molecule has 2 fully saturated rings. The third-order valence-corrected chi connectivity index (χ3v) is 6.91. The van der Waals surface area contributed by atoms with Gasteiger partial charge in [-0.15, -0.1) is 0 Å². The zero-order valence-electron chi connectivity index (χ0n) is 9.07. The molecule has 0 aromatic heterocycles. The van der Waals surface area contributed by atoms with Gasteiger partial charge in [0.25, 0.3) is 0 Å². The Balaban J connectivity index is 1.95. The topological polar surface area (TPSA) is 27.7 Å². The first-order chi connectivity index (χ1) is 6.86. The monoisotopic (exact) mass is 216 g/mol. The summed E-state index contributed by atoms with van der Waals surface area (Å²) >= 11 is 0. The van der Waals surface area contributed by atoms with E-state index in [0.717, 1.165) is 43.8 Å². The molecule has 82 valence electrons. The number of ether oxygens (including phenoxy) is 2. The van der Waals surface area contributed by atoms with Crippen LogP contribution in [0.3, 0.4) is 0 Å².